The Morgan fingerprint density at radius 1 is 1.32 bits per heavy atom. The molecular formula is C13H14Cl2N2OS. The van der Waals surface area contributed by atoms with Crippen LogP contribution in [0, 0.1) is 0 Å². The third kappa shape index (κ3) is 3.61. The molecule has 0 aliphatic heterocycles. The van der Waals surface area contributed by atoms with Crippen LogP contribution in [0.4, 0.5) is 0 Å². The maximum atomic E-state index is 5.96. The topological polar surface area (TPSA) is 47.3 Å². The molecule has 0 saturated heterocycles. The lowest BCUT2D eigenvalue weighted by Gasteiger charge is -2.18. The number of rotatable bonds is 5. The van der Waals surface area contributed by atoms with Crippen LogP contribution in [-0.2, 0) is 6.42 Å². The van der Waals surface area contributed by atoms with Gasteiger partial charge in [-0.25, -0.2) is 0 Å². The van der Waals surface area contributed by atoms with Crippen molar-refractivity contribution in [2.24, 2.45) is 5.84 Å². The molecule has 0 spiro atoms. The molecule has 6 heteroatoms. The highest BCUT2D eigenvalue weighted by Gasteiger charge is 2.16. The van der Waals surface area contributed by atoms with Gasteiger partial charge in [-0.05, 0) is 24.3 Å². The molecular weight excluding hydrogens is 303 g/mol. The molecule has 0 radical (unpaired) electrons. The number of benzene rings is 1. The molecule has 2 aromatic rings. The normalized spacial score (nSPS) is 12.4. The van der Waals surface area contributed by atoms with Crippen molar-refractivity contribution in [2.45, 2.75) is 12.5 Å². The summed E-state index contributed by atoms with van der Waals surface area (Å²) < 4.78 is 6.12. The average Bonchev–Trinajstić information content (AvgIpc) is 2.81. The van der Waals surface area contributed by atoms with Crippen molar-refractivity contribution in [3.63, 3.8) is 0 Å². The van der Waals surface area contributed by atoms with Gasteiger partial charge in [0, 0.05) is 21.9 Å². The van der Waals surface area contributed by atoms with Crippen molar-refractivity contribution in [1.82, 2.24) is 5.43 Å². The SMILES string of the molecule is COc1cc(Cl)ccc1C(Cc1ccc(Cl)s1)NN. The molecule has 3 N–H and O–H groups in total. The predicted molar refractivity (Wildman–Crippen MR) is 81.1 cm³/mol. The molecule has 0 amide bonds. The zero-order valence-electron chi connectivity index (χ0n) is 10.3. The molecule has 19 heavy (non-hydrogen) atoms. The summed E-state index contributed by atoms with van der Waals surface area (Å²) >= 11 is 13.4. The Balaban J connectivity index is 2.26. The number of ether oxygens (including phenoxy) is 1. The Labute approximate surface area is 126 Å². The molecule has 0 aliphatic rings. The van der Waals surface area contributed by atoms with E-state index >= 15 is 0 Å². The van der Waals surface area contributed by atoms with Gasteiger partial charge in [0.25, 0.3) is 0 Å². The Kier molecular flexibility index (Phi) is 5.07. The second kappa shape index (κ2) is 6.59. The van der Waals surface area contributed by atoms with Crippen LogP contribution in [0.3, 0.4) is 0 Å². The van der Waals surface area contributed by atoms with Crippen LogP contribution in [0.25, 0.3) is 0 Å². The number of nitrogens with one attached hydrogen (secondary N) is 1. The smallest absolute Gasteiger partial charge is 0.125 e. The highest BCUT2D eigenvalue weighted by molar-refractivity contribution is 7.16. The quantitative estimate of drug-likeness (QED) is 0.651. The second-order valence-electron chi connectivity index (χ2n) is 4.02. The molecule has 0 aliphatic carbocycles. The number of halogens is 2. The largest absolute Gasteiger partial charge is 0.496 e. The maximum absolute atomic E-state index is 5.96. The van der Waals surface area contributed by atoms with Crippen LogP contribution in [-0.4, -0.2) is 7.11 Å². The van der Waals surface area contributed by atoms with E-state index in [1.165, 1.54) is 0 Å². The van der Waals surface area contributed by atoms with Gasteiger partial charge in [0.1, 0.15) is 5.75 Å². The van der Waals surface area contributed by atoms with Gasteiger partial charge in [-0.2, -0.15) is 0 Å². The third-order valence-corrected chi connectivity index (χ3v) is 4.29. The summed E-state index contributed by atoms with van der Waals surface area (Å²) in [7, 11) is 1.62. The minimum atomic E-state index is -0.0538. The van der Waals surface area contributed by atoms with E-state index in [4.69, 9.17) is 33.8 Å². The van der Waals surface area contributed by atoms with Gasteiger partial charge in [-0.15, -0.1) is 11.3 Å². The minimum Gasteiger partial charge on any atom is -0.496 e. The van der Waals surface area contributed by atoms with E-state index in [2.05, 4.69) is 5.43 Å². The van der Waals surface area contributed by atoms with Crippen molar-refractivity contribution < 1.29 is 4.74 Å². The summed E-state index contributed by atoms with van der Waals surface area (Å²) in [5.74, 6) is 6.37. The number of methoxy groups -OCH3 is 1. The molecule has 1 heterocycles. The number of thiophene rings is 1. The summed E-state index contributed by atoms with van der Waals surface area (Å²) in [5, 5.41) is 0.635. The van der Waals surface area contributed by atoms with Gasteiger partial charge < -0.3 is 4.74 Å². The van der Waals surface area contributed by atoms with Crippen molar-refractivity contribution in [3.8, 4) is 5.75 Å². The first kappa shape index (κ1) is 14.6. The fraction of sp³-hybridized carbons (Fsp3) is 0.231. The Morgan fingerprint density at radius 3 is 2.68 bits per heavy atom. The minimum absolute atomic E-state index is 0.0538. The monoisotopic (exact) mass is 316 g/mol. The van der Waals surface area contributed by atoms with Gasteiger partial charge in [0.2, 0.25) is 0 Å². The Bertz CT molecular complexity index is 559. The van der Waals surface area contributed by atoms with Crippen LogP contribution in [0.15, 0.2) is 30.3 Å². The second-order valence-corrected chi connectivity index (χ2v) is 6.25. The van der Waals surface area contributed by atoms with Crippen LogP contribution < -0.4 is 16.0 Å². The molecule has 102 valence electrons. The van der Waals surface area contributed by atoms with Crippen molar-refractivity contribution in [2.75, 3.05) is 7.11 Å². The number of hydrazine groups is 1. The molecule has 1 aromatic carbocycles. The lowest BCUT2D eigenvalue weighted by atomic mass is 10.0. The van der Waals surface area contributed by atoms with E-state index < -0.39 is 0 Å². The van der Waals surface area contributed by atoms with E-state index in [0.29, 0.717) is 5.02 Å². The highest BCUT2D eigenvalue weighted by Crippen LogP contribution is 2.32. The average molecular weight is 317 g/mol. The summed E-state index contributed by atoms with van der Waals surface area (Å²) in [6.07, 6.45) is 0.742. The molecule has 3 nitrogen and oxygen atoms in total. The van der Waals surface area contributed by atoms with Gasteiger partial charge in [-0.3, -0.25) is 11.3 Å². The van der Waals surface area contributed by atoms with Crippen LogP contribution in [0.1, 0.15) is 16.5 Å². The molecule has 0 saturated carbocycles. The zero-order valence-corrected chi connectivity index (χ0v) is 12.6. The van der Waals surface area contributed by atoms with Crippen molar-refractivity contribution in [3.05, 3.63) is 50.1 Å². The van der Waals surface area contributed by atoms with Gasteiger partial charge in [0.05, 0.1) is 17.5 Å². The fourth-order valence-electron chi connectivity index (χ4n) is 1.89. The van der Waals surface area contributed by atoms with Gasteiger partial charge in [0.15, 0.2) is 0 Å². The van der Waals surface area contributed by atoms with E-state index in [1.807, 2.05) is 24.3 Å². The first-order chi connectivity index (χ1) is 9.13. The summed E-state index contributed by atoms with van der Waals surface area (Å²) in [6, 6.07) is 9.35. The number of hydrogen-bond donors (Lipinski definition) is 2. The zero-order chi connectivity index (χ0) is 13.8. The first-order valence-electron chi connectivity index (χ1n) is 5.68. The molecule has 1 atom stereocenters. The third-order valence-electron chi connectivity index (χ3n) is 2.81. The standard InChI is InChI=1S/C13H14Cl2N2OS/c1-18-12-6-8(14)2-4-10(12)11(17-16)7-9-3-5-13(15)19-9/h2-6,11,17H,7,16H2,1H3. The highest BCUT2D eigenvalue weighted by atomic mass is 35.5. The van der Waals surface area contributed by atoms with E-state index in [1.54, 1.807) is 24.5 Å². The van der Waals surface area contributed by atoms with Crippen LogP contribution >= 0.6 is 34.5 Å². The molecule has 0 bridgehead atoms. The van der Waals surface area contributed by atoms with Crippen LogP contribution in [0.5, 0.6) is 5.75 Å². The fourth-order valence-corrected chi connectivity index (χ4v) is 3.19. The Hall–Kier alpha value is -0.780. The summed E-state index contributed by atoms with van der Waals surface area (Å²) in [6.45, 7) is 0. The first-order valence-corrected chi connectivity index (χ1v) is 7.25. The number of nitrogens with two attached hydrogens (primary N) is 1. The molecule has 1 unspecified atom stereocenters. The van der Waals surface area contributed by atoms with E-state index in [-0.39, 0.29) is 6.04 Å². The van der Waals surface area contributed by atoms with Crippen molar-refractivity contribution >= 4 is 34.5 Å². The predicted octanol–water partition coefficient (Wildman–Crippen LogP) is 3.81. The van der Waals surface area contributed by atoms with Gasteiger partial charge in [-0.1, -0.05) is 29.3 Å². The Morgan fingerprint density at radius 2 is 2.11 bits per heavy atom. The lowest BCUT2D eigenvalue weighted by Crippen LogP contribution is -2.29. The molecule has 2 rings (SSSR count). The van der Waals surface area contributed by atoms with E-state index in [0.717, 1.165) is 26.9 Å². The summed E-state index contributed by atoms with van der Waals surface area (Å²) in [4.78, 5) is 1.16. The maximum Gasteiger partial charge on any atom is 0.125 e. The molecule has 0 fully saturated rings. The molecule has 1 aromatic heterocycles. The number of hydrogen-bond acceptors (Lipinski definition) is 4. The van der Waals surface area contributed by atoms with Gasteiger partial charge >= 0.3 is 0 Å². The van der Waals surface area contributed by atoms with Crippen LogP contribution in [0.2, 0.25) is 9.36 Å². The summed E-state index contributed by atoms with van der Waals surface area (Å²) in [5.41, 5.74) is 3.78. The lowest BCUT2D eigenvalue weighted by molar-refractivity contribution is 0.399. The van der Waals surface area contributed by atoms with Crippen molar-refractivity contribution in [1.29, 1.82) is 0 Å². The van der Waals surface area contributed by atoms with E-state index in [9.17, 15) is 0 Å².